The number of hydrogen-bond donors (Lipinski definition) is 1. The van der Waals surface area contributed by atoms with Crippen LogP contribution in [-0.4, -0.2) is 81.4 Å². The molecule has 3 fully saturated rings. The highest BCUT2D eigenvalue weighted by atomic mass is 79.9. The number of aliphatic hydroxyl groups is 1. The third kappa shape index (κ3) is 5.35. The zero-order valence-corrected chi connectivity index (χ0v) is 26.5. The van der Waals surface area contributed by atoms with Gasteiger partial charge in [0.05, 0.1) is 30.6 Å². The van der Waals surface area contributed by atoms with E-state index in [-0.39, 0.29) is 29.1 Å². The molecule has 3 aliphatic heterocycles. The summed E-state index contributed by atoms with van der Waals surface area (Å²) < 4.78 is 6.73. The quantitative estimate of drug-likeness (QED) is 0.260. The van der Waals surface area contributed by atoms with E-state index in [4.69, 9.17) is 16.3 Å². The number of aliphatic hydroxyl groups excluding tert-OH is 1. The van der Waals surface area contributed by atoms with Crippen molar-refractivity contribution in [2.45, 2.75) is 48.4 Å². The van der Waals surface area contributed by atoms with Crippen molar-refractivity contribution >= 4 is 50.9 Å². The molecule has 2 bridgehead atoms. The van der Waals surface area contributed by atoms with Gasteiger partial charge in [0.15, 0.2) is 0 Å². The smallest absolute Gasteiger partial charge is 0.253 e. The van der Waals surface area contributed by atoms with Crippen LogP contribution in [0.5, 0.6) is 0 Å². The third-order valence-electron chi connectivity index (χ3n) is 8.81. The van der Waals surface area contributed by atoms with Gasteiger partial charge in [-0.15, -0.1) is 13.2 Å². The number of fused-ring (bicyclic) bond motifs is 1. The van der Waals surface area contributed by atoms with Crippen molar-refractivity contribution < 1.29 is 24.2 Å². The molecular formula is C33H37BrClN3O5. The van der Waals surface area contributed by atoms with E-state index in [0.717, 1.165) is 6.42 Å². The monoisotopic (exact) mass is 669 g/mol. The fourth-order valence-electron chi connectivity index (χ4n) is 7.14. The van der Waals surface area contributed by atoms with Gasteiger partial charge in [0, 0.05) is 35.2 Å². The second-order valence-electron chi connectivity index (χ2n) is 11.3. The Morgan fingerprint density at radius 1 is 1.14 bits per heavy atom. The second-order valence-corrected chi connectivity index (χ2v) is 12.9. The maximum atomic E-state index is 14.8. The molecular weight excluding hydrogens is 634 g/mol. The van der Waals surface area contributed by atoms with E-state index in [1.807, 2.05) is 37.3 Å². The maximum Gasteiger partial charge on any atom is 0.253 e. The van der Waals surface area contributed by atoms with E-state index in [2.05, 4.69) is 29.1 Å². The molecule has 3 heterocycles. The summed E-state index contributed by atoms with van der Waals surface area (Å²) in [5.74, 6) is -2.63. The van der Waals surface area contributed by atoms with Gasteiger partial charge in [0.2, 0.25) is 11.8 Å². The minimum Gasteiger partial charge on any atom is -0.394 e. The predicted octanol–water partition coefficient (Wildman–Crippen LogP) is 4.77. The van der Waals surface area contributed by atoms with Crippen molar-refractivity contribution in [3.05, 3.63) is 90.5 Å². The molecule has 3 amide bonds. The van der Waals surface area contributed by atoms with E-state index >= 15 is 0 Å². The molecule has 2 aromatic carbocycles. The maximum absolute atomic E-state index is 14.8. The Morgan fingerprint density at radius 2 is 1.81 bits per heavy atom. The zero-order chi connectivity index (χ0) is 30.9. The fourth-order valence-corrected chi connectivity index (χ4v) is 8.21. The molecule has 0 aromatic heterocycles. The van der Waals surface area contributed by atoms with Gasteiger partial charge in [-0.1, -0.05) is 76.9 Å². The van der Waals surface area contributed by atoms with Gasteiger partial charge < -0.3 is 24.5 Å². The number of halogens is 2. The molecule has 0 aliphatic carbocycles. The molecule has 10 heteroatoms. The normalized spacial score (nSPS) is 28.0. The Labute approximate surface area is 266 Å². The number of ether oxygens (including phenoxy) is 1. The van der Waals surface area contributed by atoms with Crippen LogP contribution >= 0.6 is 27.5 Å². The highest BCUT2D eigenvalue weighted by molar-refractivity contribution is 9.09. The lowest BCUT2D eigenvalue weighted by Gasteiger charge is -2.39. The molecule has 2 aromatic rings. The number of likely N-dealkylation sites (tertiary alicyclic amines) is 1. The van der Waals surface area contributed by atoms with Crippen LogP contribution in [0.25, 0.3) is 0 Å². The lowest BCUT2D eigenvalue weighted by atomic mass is 9.70. The summed E-state index contributed by atoms with van der Waals surface area (Å²) in [4.78, 5) is 48.2. The van der Waals surface area contributed by atoms with Crippen molar-refractivity contribution in [1.29, 1.82) is 0 Å². The molecule has 0 saturated carbocycles. The van der Waals surface area contributed by atoms with Crippen molar-refractivity contribution in [2.75, 3.05) is 31.1 Å². The minimum atomic E-state index is -1.28. The Morgan fingerprint density at radius 3 is 2.42 bits per heavy atom. The van der Waals surface area contributed by atoms with E-state index < -0.39 is 42.2 Å². The number of benzene rings is 2. The van der Waals surface area contributed by atoms with Crippen LogP contribution in [-0.2, 0) is 19.1 Å². The molecule has 1 N–H and O–H groups in total. The first kappa shape index (κ1) is 31.4. The summed E-state index contributed by atoms with van der Waals surface area (Å²) in [7, 11) is 0. The standard InChI is InChI=1S/C33H37BrClN3O5/c1-4-16-36(17-5-2)30(40)26-27-31(41)38(25(20-39)21-10-8-7-9-11-21)29(33(27)19-24(34)28(26)43-33)32(42)37(18-6-3)23-14-12-22(35)13-15-23/h4,6-15,24-29,39H,1,3,5,16-20H2,2H3/t24?,25-,26-,27+,28-,29?,33?/m1/s1. The first-order chi connectivity index (χ1) is 20.7. The van der Waals surface area contributed by atoms with Gasteiger partial charge in [0.25, 0.3) is 5.91 Å². The van der Waals surface area contributed by atoms with E-state index in [1.54, 1.807) is 46.2 Å². The minimum absolute atomic E-state index is 0.169. The second kappa shape index (κ2) is 12.9. The Kier molecular flexibility index (Phi) is 9.46. The van der Waals surface area contributed by atoms with Crippen molar-refractivity contribution in [1.82, 2.24) is 9.80 Å². The number of carbonyl (C=O) groups is 3. The first-order valence-corrected chi connectivity index (χ1v) is 15.9. The van der Waals surface area contributed by atoms with Gasteiger partial charge in [-0.05, 0) is 42.7 Å². The van der Waals surface area contributed by atoms with Crippen LogP contribution < -0.4 is 4.90 Å². The highest BCUT2D eigenvalue weighted by Crippen LogP contribution is 2.61. The average Bonchev–Trinajstić information content (AvgIpc) is 3.60. The van der Waals surface area contributed by atoms with Gasteiger partial charge in [-0.3, -0.25) is 14.4 Å². The van der Waals surface area contributed by atoms with E-state index in [1.165, 1.54) is 4.90 Å². The molecule has 228 valence electrons. The first-order valence-electron chi connectivity index (χ1n) is 14.6. The average molecular weight is 671 g/mol. The van der Waals surface area contributed by atoms with Crippen LogP contribution in [0.4, 0.5) is 5.69 Å². The van der Waals surface area contributed by atoms with E-state index in [0.29, 0.717) is 35.8 Å². The SMILES string of the molecule is C=CCN(CCC)C(=O)[C@H]1[C@@H]2OC3(CC2Br)C(C(=O)N(CC=C)c2ccc(Cl)cc2)N([C@H](CO)c2ccccc2)C(=O)[C@H]13. The molecule has 5 rings (SSSR count). The van der Waals surface area contributed by atoms with Crippen molar-refractivity contribution in [2.24, 2.45) is 11.8 Å². The summed E-state index contributed by atoms with van der Waals surface area (Å²) in [6.07, 6.45) is 3.80. The summed E-state index contributed by atoms with van der Waals surface area (Å²) in [6.45, 7) is 10.3. The van der Waals surface area contributed by atoms with Crippen LogP contribution in [0.3, 0.4) is 0 Å². The summed E-state index contributed by atoms with van der Waals surface area (Å²) >= 11 is 9.90. The summed E-state index contributed by atoms with van der Waals surface area (Å²) in [5.41, 5.74) is -0.0215. The fraction of sp³-hybridized carbons (Fsp3) is 0.424. The lowest BCUT2D eigenvalue weighted by Crippen LogP contribution is -2.58. The third-order valence-corrected chi connectivity index (χ3v) is 9.91. The summed E-state index contributed by atoms with van der Waals surface area (Å²) in [5, 5.41) is 11.3. The Hall–Kier alpha value is -2.98. The number of anilines is 1. The molecule has 3 saturated heterocycles. The van der Waals surface area contributed by atoms with Gasteiger partial charge >= 0.3 is 0 Å². The van der Waals surface area contributed by atoms with Gasteiger partial charge in [-0.25, -0.2) is 0 Å². The number of hydrogen-bond acceptors (Lipinski definition) is 5. The number of nitrogens with zero attached hydrogens (tertiary/aromatic N) is 3. The van der Waals surface area contributed by atoms with Crippen molar-refractivity contribution in [3.63, 3.8) is 0 Å². The van der Waals surface area contributed by atoms with Gasteiger partial charge in [0.1, 0.15) is 11.6 Å². The molecule has 0 radical (unpaired) electrons. The van der Waals surface area contributed by atoms with E-state index in [9.17, 15) is 19.5 Å². The Balaban J connectivity index is 1.66. The zero-order valence-electron chi connectivity index (χ0n) is 24.1. The molecule has 1 spiro atoms. The molecule has 3 unspecified atom stereocenters. The summed E-state index contributed by atoms with van der Waals surface area (Å²) in [6, 6.07) is 14.1. The Bertz CT molecular complexity index is 1370. The van der Waals surface area contributed by atoms with Crippen molar-refractivity contribution in [3.8, 4) is 0 Å². The van der Waals surface area contributed by atoms with Crippen LogP contribution in [0, 0.1) is 11.8 Å². The number of alkyl halides is 1. The number of amides is 3. The molecule has 3 aliphatic rings. The largest absolute Gasteiger partial charge is 0.394 e. The van der Waals surface area contributed by atoms with Gasteiger partial charge in [-0.2, -0.15) is 0 Å². The number of rotatable bonds is 12. The topological polar surface area (TPSA) is 90.4 Å². The van der Waals surface area contributed by atoms with Crippen LogP contribution in [0.15, 0.2) is 79.9 Å². The highest BCUT2D eigenvalue weighted by Gasteiger charge is 2.77. The number of carbonyl (C=O) groups excluding carboxylic acids is 3. The predicted molar refractivity (Wildman–Crippen MR) is 170 cm³/mol. The molecule has 7 atom stereocenters. The lowest BCUT2D eigenvalue weighted by molar-refractivity contribution is -0.147. The van der Waals surface area contributed by atoms with Crippen LogP contribution in [0.1, 0.15) is 31.4 Å². The van der Waals surface area contributed by atoms with Crippen LogP contribution in [0.2, 0.25) is 5.02 Å². The molecule has 43 heavy (non-hydrogen) atoms. The molecule has 8 nitrogen and oxygen atoms in total.